The first-order chi connectivity index (χ1) is 11.7. The van der Waals surface area contributed by atoms with E-state index in [2.05, 4.69) is 15.2 Å². The molecule has 0 aliphatic heterocycles. The average molecular weight is 360 g/mol. The highest BCUT2D eigenvalue weighted by atomic mass is 35.5. The average Bonchev–Trinajstić information content (AvgIpc) is 3.09. The van der Waals surface area contributed by atoms with Crippen molar-refractivity contribution in [1.29, 1.82) is 0 Å². The Morgan fingerprint density at radius 1 is 1.17 bits per heavy atom. The number of ether oxygens (including phenoxy) is 1. The van der Waals surface area contributed by atoms with Crippen LogP contribution in [0.25, 0.3) is 11.4 Å². The number of aromatic amines is 1. The first kappa shape index (κ1) is 16.5. The van der Waals surface area contributed by atoms with Crippen LogP contribution in [0, 0.1) is 0 Å². The van der Waals surface area contributed by atoms with Crippen LogP contribution in [0.15, 0.2) is 59.8 Å². The van der Waals surface area contributed by atoms with Crippen LogP contribution in [0.1, 0.15) is 10.8 Å². The maximum Gasteiger partial charge on any atom is 0.323 e. The van der Waals surface area contributed by atoms with Gasteiger partial charge in [-0.05, 0) is 29.8 Å². The second kappa shape index (κ2) is 7.51. The first-order valence-electron chi connectivity index (χ1n) is 7.15. The molecule has 0 amide bonds. The summed E-state index contributed by atoms with van der Waals surface area (Å²) in [6.07, 6.45) is 0. The SMILES string of the molecule is COC(=O)C(Sc1n[nH]c(-c2ccc(Cl)cc2)n1)c1ccccc1. The molecule has 7 heteroatoms. The Morgan fingerprint density at radius 2 is 1.88 bits per heavy atom. The molecule has 0 aliphatic carbocycles. The van der Waals surface area contributed by atoms with Crippen LogP contribution in [-0.2, 0) is 9.53 Å². The van der Waals surface area contributed by atoms with Crippen LogP contribution in [0.4, 0.5) is 0 Å². The molecule has 122 valence electrons. The van der Waals surface area contributed by atoms with Crippen LogP contribution in [-0.4, -0.2) is 28.3 Å². The summed E-state index contributed by atoms with van der Waals surface area (Å²) < 4.78 is 4.90. The zero-order chi connectivity index (χ0) is 16.9. The van der Waals surface area contributed by atoms with Crippen molar-refractivity contribution < 1.29 is 9.53 Å². The van der Waals surface area contributed by atoms with Crippen molar-refractivity contribution >= 4 is 29.3 Å². The van der Waals surface area contributed by atoms with E-state index >= 15 is 0 Å². The van der Waals surface area contributed by atoms with E-state index in [1.807, 2.05) is 42.5 Å². The van der Waals surface area contributed by atoms with Crippen molar-refractivity contribution in [3.8, 4) is 11.4 Å². The maximum absolute atomic E-state index is 12.1. The van der Waals surface area contributed by atoms with Crippen LogP contribution in [0.3, 0.4) is 0 Å². The molecule has 0 spiro atoms. The van der Waals surface area contributed by atoms with E-state index < -0.39 is 5.25 Å². The molecule has 1 heterocycles. The van der Waals surface area contributed by atoms with E-state index in [9.17, 15) is 4.79 Å². The number of aromatic nitrogens is 3. The highest BCUT2D eigenvalue weighted by Gasteiger charge is 2.24. The zero-order valence-corrected chi connectivity index (χ0v) is 14.3. The van der Waals surface area contributed by atoms with Crippen molar-refractivity contribution in [2.75, 3.05) is 7.11 Å². The molecule has 0 saturated heterocycles. The van der Waals surface area contributed by atoms with Crippen LogP contribution >= 0.6 is 23.4 Å². The molecule has 1 atom stereocenters. The van der Waals surface area contributed by atoms with Gasteiger partial charge in [-0.25, -0.2) is 4.98 Å². The Hall–Kier alpha value is -2.31. The zero-order valence-electron chi connectivity index (χ0n) is 12.8. The van der Waals surface area contributed by atoms with Crippen molar-refractivity contribution in [2.45, 2.75) is 10.4 Å². The third kappa shape index (κ3) is 3.77. The summed E-state index contributed by atoms with van der Waals surface area (Å²) >= 11 is 7.13. The monoisotopic (exact) mass is 359 g/mol. The minimum atomic E-state index is -0.523. The lowest BCUT2D eigenvalue weighted by atomic mass is 10.1. The fraction of sp³-hybridized carbons (Fsp3) is 0.118. The Bertz CT molecular complexity index is 821. The van der Waals surface area contributed by atoms with E-state index in [0.29, 0.717) is 16.0 Å². The molecule has 0 radical (unpaired) electrons. The molecule has 24 heavy (non-hydrogen) atoms. The number of hydrogen-bond donors (Lipinski definition) is 1. The molecule has 1 unspecified atom stereocenters. The van der Waals surface area contributed by atoms with Crippen molar-refractivity contribution in [2.24, 2.45) is 0 Å². The molecule has 0 aliphatic rings. The highest BCUT2D eigenvalue weighted by molar-refractivity contribution is 8.00. The normalized spacial score (nSPS) is 11.9. The fourth-order valence-electron chi connectivity index (χ4n) is 2.13. The molecule has 2 aromatic carbocycles. The Labute approximate surface area is 148 Å². The number of esters is 1. The van der Waals surface area contributed by atoms with E-state index in [-0.39, 0.29) is 5.97 Å². The van der Waals surface area contributed by atoms with Gasteiger partial charge in [-0.15, -0.1) is 5.10 Å². The molecule has 0 saturated carbocycles. The molecule has 5 nitrogen and oxygen atoms in total. The Kier molecular flexibility index (Phi) is 5.17. The quantitative estimate of drug-likeness (QED) is 0.548. The summed E-state index contributed by atoms with van der Waals surface area (Å²) in [6, 6.07) is 16.7. The Morgan fingerprint density at radius 3 is 2.54 bits per heavy atom. The van der Waals surface area contributed by atoms with Gasteiger partial charge in [0.1, 0.15) is 5.25 Å². The number of benzene rings is 2. The summed E-state index contributed by atoms with van der Waals surface area (Å²) in [4.78, 5) is 16.5. The van der Waals surface area contributed by atoms with Crippen LogP contribution in [0.2, 0.25) is 5.02 Å². The van der Waals surface area contributed by atoms with Gasteiger partial charge >= 0.3 is 5.97 Å². The van der Waals surface area contributed by atoms with E-state index in [1.54, 1.807) is 12.1 Å². The van der Waals surface area contributed by atoms with Gasteiger partial charge in [-0.3, -0.25) is 9.89 Å². The summed E-state index contributed by atoms with van der Waals surface area (Å²) in [5.41, 5.74) is 1.71. The van der Waals surface area contributed by atoms with Gasteiger partial charge in [0.25, 0.3) is 0 Å². The minimum Gasteiger partial charge on any atom is -0.468 e. The maximum atomic E-state index is 12.1. The third-order valence-corrected chi connectivity index (χ3v) is 4.67. The number of carbonyl (C=O) groups excluding carboxylic acids is 1. The third-order valence-electron chi connectivity index (χ3n) is 3.32. The summed E-state index contributed by atoms with van der Waals surface area (Å²) in [5.74, 6) is 0.273. The number of carbonyl (C=O) groups is 1. The predicted molar refractivity (Wildman–Crippen MR) is 93.9 cm³/mol. The molecular weight excluding hydrogens is 346 g/mol. The van der Waals surface area contributed by atoms with Gasteiger partial charge in [-0.2, -0.15) is 0 Å². The van der Waals surface area contributed by atoms with Crippen molar-refractivity contribution in [1.82, 2.24) is 15.2 Å². The lowest BCUT2D eigenvalue weighted by Gasteiger charge is -2.12. The van der Waals surface area contributed by atoms with Gasteiger partial charge in [-0.1, -0.05) is 53.7 Å². The highest BCUT2D eigenvalue weighted by Crippen LogP contribution is 2.35. The fourth-order valence-corrected chi connectivity index (χ4v) is 3.19. The smallest absolute Gasteiger partial charge is 0.323 e. The minimum absolute atomic E-state index is 0.343. The topological polar surface area (TPSA) is 67.9 Å². The number of halogens is 1. The molecular formula is C17H14ClN3O2S. The van der Waals surface area contributed by atoms with Gasteiger partial charge in [0.05, 0.1) is 7.11 Å². The molecule has 1 aromatic heterocycles. The summed E-state index contributed by atoms with van der Waals surface area (Å²) in [5, 5.41) is 7.66. The summed E-state index contributed by atoms with van der Waals surface area (Å²) in [6.45, 7) is 0. The molecule has 1 N–H and O–H groups in total. The first-order valence-corrected chi connectivity index (χ1v) is 8.41. The van der Waals surface area contributed by atoms with Gasteiger partial charge < -0.3 is 4.74 Å². The van der Waals surface area contributed by atoms with Crippen LogP contribution in [0.5, 0.6) is 0 Å². The molecule has 3 aromatic rings. The number of nitrogens with one attached hydrogen (secondary N) is 1. The lowest BCUT2D eigenvalue weighted by Crippen LogP contribution is -2.11. The number of rotatable bonds is 5. The lowest BCUT2D eigenvalue weighted by molar-refractivity contribution is -0.140. The van der Waals surface area contributed by atoms with Gasteiger partial charge in [0, 0.05) is 10.6 Å². The number of hydrogen-bond acceptors (Lipinski definition) is 5. The van der Waals surface area contributed by atoms with E-state index in [1.165, 1.54) is 18.9 Å². The second-order valence-corrected chi connectivity index (χ2v) is 6.41. The number of methoxy groups -OCH3 is 1. The second-order valence-electron chi connectivity index (χ2n) is 4.91. The van der Waals surface area contributed by atoms with Gasteiger partial charge in [0.2, 0.25) is 5.16 Å². The summed E-state index contributed by atoms with van der Waals surface area (Å²) in [7, 11) is 1.37. The predicted octanol–water partition coefficient (Wildman–Crippen LogP) is 4.13. The number of H-pyrrole nitrogens is 1. The molecule has 0 bridgehead atoms. The Balaban J connectivity index is 1.83. The number of thioether (sulfide) groups is 1. The van der Waals surface area contributed by atoms with E-state index in [0.717, 1.165) is 11.1 Å². The van der Waals surface area contributed by atoms with Crippen molar-refractivity contribution in [3.63, 3.8) is 0 Å². The van der Waals surface area contributed by atoms with Crippen LogP contribution < -0.4 is 0 Å². The standard InChI is InChI=1S/C17H14ClN3O2S/c1-23-16(22)14(11-5-3-2-4-6-11)24-17-19-15(20-21-17)12-7-9-13(18)10-8-12/h2-10,14H,1H3,(H,19,20,21). The van der Waals surface area contributed by atoms with Crippen molar-refractivity contribution in [3.05, 3.63) is 65.2 Å². The largest absolute Gasteiger partial charge is 0.468 e. The van der Waals surface area contributed by atoms with Gasteiger partial charge in [0.15, 0.2) is 5.82 Å². The molecule has 3 rings (SSSR count). The number of nitrogens with zero attached hydrogens (tertiary/aromatic N) is 2. The molecule has 0 fully saturated rings. The van der Waals surface area contributed by atoms with E-state index in [4.69, 9.17) is 16.3 Å².